The number of benzene rings is 1. The van der Waals surface area contributed by atoms with Crippen molar-refractivity contribution in [2.75, 3.05) is 13.1 Å². The maximum Gasteiger partial charge on any atom is 0.317 e. The molecule has 2 amide bonds. The standard InChI is InChI=1S/C16H22N2O3/c1-3-18(10-11(2)15(19)20)16(21)17-14-9-13(14)12-7-5-4-6-8-12/h4-8,11,13-14H,3,9-10H2,1-2H3,(H,17,21)(H,19,20). The zero-order valence-electron chi connectivity index (χ0n) is 12.5. The molecular formula is C16H22N2O3. The molecule has 1 aromatic carbocycles. The summed E-state index contributed by atoms with van der Waals surface area (Å²) in [7, 11) is 0. The van der Waals surface area contributed by atoms with Crippen molar-refractivity contribution in [3.05, 3.63) is 35.9 Å². The van der Waals surface area contributed by atoms with E-state index in [2.05, 4.69) is 17.4 Å². The van der Waals surface area contributed by atoms with Crippen molar-refractivity contribution in [3.8, 4) is 0 Å². The van der Waals surface area contributed by atoms with Gasteiger partial charge in [0.15, 0.2) is 0 Å². The van der Waals surface area contributed by atoms with Crippen molar-refractivity contribution in [1.82, 2.24) is 10.2 Å². The van der Waals surface area contributed by atoms with Crippen molar-refractivity contribution >= 4 is 12.0 Å². The van der Waals surface area contributed by atoms with E-state index >= 15 is 0 Å². The number of hydrogen-bond acceptors (Lipinski definition) is 2. The van der Waals surface area contributed by atoms with E-state index in [1.807, 2.05) is 25.1 Å². The summed E-state index contributed by atoms with van der Waals surface area (Å²) < 4.78 is 0. The van der Waals surface area contributed by atoms with E-state index < -0.39 is 11.9 Å². The van der Waals surface area contributed by atoms with Gasteiger partial charge < -0.3 is 15.3 Å². The minimum atomic E-state index is -0.880. The first-order valence-corrected chi connectivity index (χ1v) is 7.36. The summed E-state index contributed by atoms with van der Waals surface area (Å²) in [5.74, 6) is -1.06. The van der Waals surface area contributed by atoms with E-state index in [4.69, 9.17) is 5.11 Å². The zero-order valence-corrected chi connectivity index (χ0v) is 12.5. The van der Waals surface area contributed by atoms with Gasteiger partial charge in [-0.15, -0.1) is 0 Å². The minimum absolute atomic E-state index is 0.161. The second-order valence-corrected chi connectivity index (χ2v) is 5.59. The van der Waals surface area contributed by atoms with Gasteiger partial charge in [-0.25, -0.2) is 4.79 Å². The molecule has 2 rings (SSSR count). The lowest BCUT2D eigenvalue weighted by Crippen LogP contribution is -2.44. The Morgan fingerprint density at radius 1 is 1.38 bits per heavy atom. The first kappa shape index (κ1) is 15.4. The molecule has 1 aliphatic rings. The lowest BCUT2D eigenvalue weighted by molar-refractivity contribution is -0.141. The van der Waals surface area contributed by atoms with Crippen LogP contribution in [0.4, 0.5) is 4.79 Å². The number of carbonyl (C=O) groups is 2. The molecule has 0 spiro atoms. The van der Waals surface area contributed by atoms with E-state index in [1.165, 1.54) is 5.56 Å². The molecule has 1 fully saturated rings. The van der Waals surface area contributed by atoms with Crippen LogP contribution in [0, 0.1) is 5.92 Å². The molecule has 21 heavy (non-hydrogen) atoms. The van der Waals surface area contributed by atoms with E-state index in [-0.39, 0.29) is 18.6 Å². The minimum Gasteiger partial charge on any atom is -0.481 e. The topological polar surface area (TPSA) is 69.6 Å². The third-order valence-electron chi connectivity index (χ3n) is 3.91. The summed E-state index contributed by atoms with van der Waals surface area (Å²) in [4.78, 5) is 24.6. The smallest absolute Gasteiger partial charge is 0.317 e. The molecule has 1 aliphatic carbocycles. The van der Waals surface area contributed by atoms with Crippen LogP contribution in [0.15, 0.2) is 30.3 Å². The van der Waals surface area contributed by atoms with Crippen LogP contribution in [0.2, 0.25) is 0 Å². The first-order chi connectivity index (χ1) is 10.0. The van der Waals surface area contributed by atoms with E-state index in [9.17, 15) is 9.59 Å². The molecule has 0 radical (unpaired) electrons. The highest BCUT2D eigenvalue weighted by molar-refractivity contribution is 5.76. The molecule has 3 atom stereocenters. The maximum absolute atomic E-state index is 12.2. The average molecular weight is 290 g/mol. The van der Waals surface area contributed by atoms with Crippen LogP contribution in [0.3, 0.4) is 0 Å². The van der Waals surface area contributed by atoms with Gasteiger partial charge in [-0.1, -0.05) is 37.3 Å². The number of amides is 2. The third-order valence-corrected chi connectivity index (χ3v) is 3.91. The van der Waals surface area contributed by atoms with Gasteiger partial charge in [0.2, 0.25) is 0 Å². The van der Waals surface area contributed by atoms with Gasteiger partial charge in [-0.05, 0) is 18.9 Å². The van der Waals surface area contributed by atoms with E-state index in [0.29, 0.717) is 12.5 Å². The van der Waals surface area contributed by atoms with Gasteiger partial charge in [0.1, 0.15) is 0 Å². The van der Waals surface area contributed by atoms with Crippen molar-refractivity contribution in [2.24, 2.45) is 5.92 Å². The summed E-state index contributed by atoms with van der Waals surface area (Å²) in [5, 5.41) is 11.9. The van der Waals surface area contributed by atoms with Crippen LogP contribution < -0.4 is 5.32 Å². The van der Waals surface area contributed by atoms with Crippen molar-refractivity contribution in [1.29, 1.82) is 0 Å². The average Bonchev–Trinajstić information content (AvgIpc) is 3.24. The number of carbonyl (C=O) groups excluding carboxylic acids is 1. The highest BCUT2D eigenvalue weighted by Gasteiger charge is 2.40. The fourth-order valence-electron chi connectivity index (χ4n) is 2.44. The van der Waals surface area contributed by atoms with Crippen LogP contribution in [0.5, 0.6) is 0 Å². The van der Waals surface area contributed by atoms with Gasteiger partial charge in [-0.3, -0.25) is 4.79 Å². The Kier molecular flexibility index (Phi) is 4.83. The Morgan fingerprint density at radius 2 is 2.05 bits per heavy atom. The fourth-order valence-corrected chi connectivity index (χ4v) is 2.44. The summed E-state index contributed by atoms with van der Waals surface area (Å²) >= 11 is 0. The monoisotopic (exact) mass is 290 g/mol. The summed E-state index contributed by atoms with van der Waals surface area (Å²) in [6.07, 6.45) is 0.946. The molecule has 1 aromatic rings. The number of nitrogens with zero attached hydrogens (tertiary/aromatic N) is 1. The molecule has 0 heterocycles. The number of rotatable bonds is 6. The number of aliphatic carboxylic acids is 1. The molecule has 114 valence electrons. The lowest BCUT2D eigenvalue weighted by atomic mass is 10.1. The van der Waals surface area contributed by atoms with Crippen LogP contribution in [0.25, 0.3) is 0 Å². The number of hydrogen-bond donors (Lipinski definition) is 2. The highest BCUT2D eigenvalue weighted by atomic mass is 16.4. The van der Waals surface area contributed by atoms with Gasteiger partial charge in [0.05, 0.1) is 5.92 Å². The van der Waals surface area contributed by atoms with Crippen LogP contribution >= 0.6 is 0 Å². The second-order valence-electron chi connectivity index (χ2n) is 5.59. The molecular weight excluding hydrogens is 268 g/mol. The Bertz CT molecular complexity index is 504. The fraction of sp³-hybridized carbons (Fsp3) is 0.500. The van der Waals surface area contributed by atoms with Gasteiger partial charge in [-0.2, -0.15) is 0 Å². The Hall–Kier alpha value is -2.04. The number of nitrogens with one attached hydrogen (secondary N) is 1. The van der Waals surface area contributed by atoms with Crippen LogP contribution in [-0.4, -0.2) is 41.1 Å². The SMILES string of the molecule is CCN(CC(C)C(=O)O)C(=O)NC1CC1c1ccccc1. The molecule has 2 N–H and O–H groups in total. The van der Waals surface area contributed by atoms with Crippen molar-refractivity contribution < 1.29 is 14.7 Å². The predicted octanol–water partition coefficient (Wildman–Crippen LogP) is 2.29. The number of carboxylic acid groups (broad SMARTS) is 1. The lowest BCUT2D eigenvalue weighted by Gasteiger charge is -2.23. The number of urea groups is 1. The molecule has 1 saturated carbocycles. The second kappa shape index (κ2) is 6.61. The molecule has 3 unspecified atom stereocenters. The van der Waals surface area contributed by atoms with Gasteiger partial charge in [0.25, 0.3) is 0 Å². The van der Waals surface area contributed by atoms with Crippen molar-refractivity contribution in [2.45, 2.75) is 32.2 Å². The Balaban J connectivity index is 1.85. The normalized spacial score (nSPS) is 21.4. The van der Waals surface area contributed by atoms with Crippen molar-refractivity contribution in [3.63, 3.8) is 0 Å². The Morgan fingerprint density at radius 3 is 2.62 bits per heavy atom. The Labute approximate surface area is 125 Å². The number of carboxylic acids is 1. The molecule has 5 heteroatoms. The predicted molar refractivity (Wildman–Crippen MR) is 80.2 cm³/mol. The van der Waals surface area contributed by atoms with E-state index in [0.717, 1.165) is 6.42 Å². The summed E-state index contributed by atoms with van der Waals surface area (Å²) in [5.41, 5.74) is 1.24. The largest absolute Gasteiger partial charge is 0.481 e. The first-order valence-electron chi connectivity index (χ1n) is 7.36. The molecule has 0 aromatic heterocycles. The summed E-state index contributed by atoms with van der Waals surface area (Å²) in [6.45, 7) is 4.21. The van der Waals surface area contributed by atoms with Crippen LogP contribution in [0.1, 0.15) is 31.7 Å². The molecule has 0 saturated heterocycles. The molecule has 0 bridgehead atoms. The van der Waals surface area contributed by atoms with Gasteiger partial charge >= 0.3 is 12.0 Å². The highest BCUT2D eigenvalue weighted by Crippen LogP contribution is 2.40. The third kappa shape index (κ3) is 3.97. The van der Waals surface area contributed by atoms with Crippen LogP contribution in [-0.2, 0) is 4.79 Å². The van der Waals surface area contributed by atoms with Gasteiger partial charge in [0, 0.05) is 25.0 Å². The summed E-state index contributed by atoms with van der Waals surface area (Å²) in [6, 6.07) is 10.1. The molecule has 0 aliphatic heterocycles. The zero-order chi connectivity index (χ0) is 15.4. The maximum atomic E-state index is 12.2. The quantitative estimate of drug-likeness (QED) is 0.844. The molecule has 5 nitrogen and oxygen atoms in total. The van der Waals surface area contributed by atoms with E-state index in [1.54, 1.807) is 11.8 Å².